The third kappa shape index (κ3) is 2.40. The van der Waals surface area contributed by atoms with Crippen LogP contribution in [0.15, 0.2) is 4.99 Å². The van der Waals surface area contributed by atoms with E-state index < -0.39 is 0 Å². The van der Waals surface area contributed by atoms with Gasteiger partial charge in [0.25, 0.3) is 0 Å². The molecule has 0 spiro atoms. The molecule has 78 valence electrons. The lowest BCUT2D eigenvalue weighted by Crippen LogP contribution is -2.33. The molecule has 0 bridgehead atoms. The Labute approximate surface area is 88.7 Å². The van der Waals surface area contributed by atoms with Crippen LogP contribution >= 0.6 is 11.8 Å². The summed E-state index contributed by atoms with van der Waals surface area (Å²) < 4.78 is 5.46. The normalized spacial score (nSPS) is 32.7. The second-order valence-corrected chi connectivity index (χ2v) is 4.27. The van der Waals surface area contributed by atoms with Crippen LogP contribution in [0, 0.1) is 11.5 Å². The highest BCUT2D eigenvalue weighted by Gasteiger charge is 2.37. The molecular weight excluding hydrogens is 198 g/mol. The molecule has 0 amide bonds. The quantitative estimate of drug-likeness (QED) is 0.309. The molecule has 1 aliphatic rings. The smallest absolute Gasteiger partial charge is 0.183 e. The highest BCUT2D eigenvalue weighted by atomic mass is 32.2. The molecule has 2 unspecified atom stereocenters. The zero-order valence-electron chi connectivity index (χ0n) is 8.70. The molecule has 1 rings (SSSR count). The Morgan fingerprint density at radius 1 is 1.79 bits per heavy atom. The van der Waals surface area contributed by atoms with E-state index in [1.165, 1.54) is 11.8 Å². The van der Waals surface area contributed by atoms with Crippen LogP contribution in [0.5, 0.6) is 0 Å². The standard InChI is InChI=1S/C9H15N3OS/c1-7-9(2,4-5-13-7)12-8(14-3)11-6-10/h7H,4-5H2,1-3H3,(H,11,12). The van der Waals surface area contributed by atoms with Crippen molar-refractivity contribution in [2.45, 2.75) is 31.9 Å². The van der Waals surface area contributed by atoms with E-state index in [1.54, 1.807) is 0 Å². The van der Waals surface area contributed by atoms with Crippen molar-refractivity contribution in [1.82, 2.24) is 5.32 Å². The molecule has 0 aromatic heterocycles. The maximum atomic E-state index is 8.51. The van der Waals surface area contributed by atoms with E-state index in [1.807, 2.05) is 19.4 Å². The predicted molar refractivity (Wildman–Crippen MR) is 58.1 cm³/mol. The Morgan fingerprint density at radius 3 is 2.93 bits per heavy atom. The van der Waals surface area contributed by atoms with E-state index in [4.69, 9.17) is 10.00 Å². The van der Waals surface area contributed by atoms with Gasteiger partial charge in [-0.2, -0.15) is 5.26 Å². The predicted octanol–water partition coefficient (Wildman–Crippen LogP) is 1.34. The summed E-state index contributed by atoms with van der Waals surface area (Å²) in [4.78, 5) is 4.52. The lowest BCUT2D eigenvalue weighted by Gasteiger charge is -2.23. The van der Waals surface area contributed by atoms with Gasteiger partial charge in [0, 0.05) is 6.61 Å². The molecule has 4 nitrogen and oxygen atoms in total. The molecule has 0 radical (unpaired) electrons. The second-order valence-electron chi connectivity index (χ2n) is 3.48. The Balaban J connectivity index is 2.77. The average molecular weight is 213 g/mol. The number of hydrogen-bond acceptors (Lipinski definition) is 4. The average Bonchev–Trinajstić information content (AvgIpc) is 2.47. The summed E-state index contributed by atoms with van der Waals surface area (Å²) in [5, 5.41) is 11.7. The largest absolute Gasteiger partial charge is 0.376 e. The molecule has 2 atom stereocenters. The van der Waals surface area contributed by atoms with Crippen molar-refractivity contribution in [3.63, 3.8) is 0 Å². The SMILES string of the molecule is CSC(=NC1(C)CCOC1C)NC#N. The lowest BCUT2D eigenvalue weighted by molar-refractivity contribution is 0.101. The van der Waals surface area contributed by atoms with Crippen LogP contribution in [0.1, 0.15) is 20.3 Å². The van der Waals surface area contributed by atoms with E-state index in [0.29, 0.717) is 5.17 Å². The van der Waals surface area contributed by atoms with E-state index in [0.717, 1.165) is 13.0 Å². The molecule has 1 saturated heterocycles. The van der Waals surface area contributed by atoms with Crippen LogP contribution in [-0.4, -0.2) is 29.7 Å². The van der Waals surface area contributed by atoms with Crippen molar-refractivity contribution in [2.24, 2.45) is 4.99 Å². The number of rotatable bonds is 1. The minimum Gasteiger partial charge on any atom is -0.376 e. The fourth-order valence-electron chi connectivity index (χ4n) is 1.38. The first kappa shape index (κ1) is 11.3. The van der Waals surface area contributed by atoms with E-state index in [2.05, 4.69) is 17.2 Å². The number of nitriles is 1. The first-order valence-electron chi connectivity index (χ1n) is 4.53. The number of amidine groups is 1. The first-order chi connectivity index (χ1) is 6.62. The highest BCUT2D eigenvalue weighted by molar-refractivity contribution is 8.13. The van der Waals surface area contributed by atoms with Crippen molar-refractivity contribution >= 4 is 16.9 Å². The van der Waals surface area contributed by atoms with Crippen molar-refractivity contribution < 1.29 is 4.74 Å². The van der Waals surface area contributed by atoms with Crippen LogP contribution in [0.4, 0.5) is 0 Å². The van der Waals surface area contributed by atoms with Gasteiger partial charge in [-0.25, -0.2) is 0 Å². The van der Waals surface area contributed by atoms with Crippen LogP contribution in [0.25, 0.3) is 0 Å². The number of thioether (sulfide) groups is 1. The van der Waals surface area contributed by atoms with Gasteiger partial charge in [-0.1, -0.05) is 11.8 Å². The summed E-state index contributed by atoms with van der Waals surface area (Å²) in [6, 6.07) is 0. The molecule has 1 heterocycles. The molecule has 1 N–H and O–H groups in total. The Morgan fingerprint density at radius 2 is 2.50 bits per heavy atom. The Bertz CT molecular complexity index is 274. The summed E-state index contributed by atoms with van der Waals surface area (Å²) in [6.45, 7) is 4.82. The molecule has 5 heteroatoms. The molecule has 0 aliphatic carbocycles. The van der Waals surface area contributed by atoms with Gasteiger partial charge in [0.1, 0.15) is 0 Å². The van der Waals surface area contributed by atoms with Gasteiger partial charge in [0.2, 0.25) is 0 Å². The number of nitrogens with zero attached hydrogens (tertiary/aromatic N) is 2. The fourth-order valence-corrected chi connectivity index (χ4v) is 1.82. The monoisotopic (exact) mass is 213 g/mol. The van der Waals surface area contributed by atoms with Crippen molar-refractivity contribution in [3.8, 4) is 6.19 Å². The van der Waals surface area contributed by atoms with Gasteiger partial charge < -0.3 is 4.74 Å². The summed E-state index contributed by atoms with van der Waals surface area (Å²) in [6.07, 6.45) is 4.80. The maximum absolute atomic E-state index is 8.51. The van der Waals surface area contributed by atoms with Gasteiger partial charge in [-0.3, -0.25) is 10.3 Å². The molecule has 14 heavy (non-hydrogen) atoms. The number of aliphatic imine (C=N–C) groups is 1. The second kappa shape index (κ2) is 4.67. The zero-order valence-corrected chi connectivity index (χ0v) is 9.52. The minimum absolute atomic E-state index is 0.116. The van der Waals surface area contributed by atoms with E-state index >= 15 is 0 Å². The number of nitrogens with one attached hydrogen (secondary N) is 1. The molecular formula is C9H15N3OS. The molecule has 1 aliphatic heterocycles. The van der Waals surface area contributed by atoms with E-state index in [9.17, 15) is 0 Å². The van der Waals surface area contributed by atoms with Crippen LogP contribution in [-0.2, 0) is 4.74 Å². The lowest BCUT2D eigenvalue weighted by atomic mass is 9.96. The molecule has 1 fully saturated rings. The molecule has 0 saturated carbocycles. The molecule has 0 aromatic carbocycles. The molecule has 0 aromatic rings. The van der Waals surface area contributed by atoms with Gasteiger partial charge in [-0.05, 0) is 26.5 Å². The summed E-state index contributed by atoms with van der Waals surface area (Å²) >= 11 is 1.44. The topological polar surface area (TPSA) is 57.4 Å². The minimum atomic E-state index is -0.192. The third-order valence-corrected chi connectivity index (χ3v) is 3.15. The summed E-state index contributed by atoms with van der Waals surface area (Å²) in [5.74, 6) is 0. The van der Waals surface area contributed by atoms with Gasteiger partial charge >= 0.3 is 0 Å². The summed E-state index contributed by atoms with van der Waals surface area (Å²) in [5.41, 5.74) is -0.192. The van der Waals surface area contributed by atoms with Crippen LogP contribution in [0.2, 0.25) is 0 Å². The number of hydrogen-bond donors (Lipinski definition) is 1. The third-order valence-electron chi connectivity index (χ3n) is 2.56. The van der Waals surface area contributed by atoms with E-state index in [-0.39, 0.29) is 11.6 Å². The highest BCUT2D eigenvalue weighted by Crippen LogP contribution is 2.29. The maximum Gasteiger partial charge on any atom is 0.183 e. The van der Waals surface area contributed by atoms with Gasteiger partial charge in [-0.15, -0.1) is 0 Å². The van der Waals surface area contributed by atoms with Crippen LogP contribution in [0.3, 0.4) is 0 Å². The first-order valence-corrected chi connectivity index (χ1v) is 5.75. The fraction of sp³-hybridized carbons (Fsp3) is 0.778. The number of ether oxygens (including phenoxy) is 1. The van der Waals surface area contributed by atoms with Crippen molar-refractivity contribution in [3.05, 3.63) is 0 Å². The Hall–Kier alpha value is -0.730. The van der Waals surface area contributed by atoms with Crippen LogP contribution < -0.4 is 5.32 Å². The summed E-state index contributed by atoms with van der Waals surface area (Å²) in [7, 11) is 0. The van der Waals surface area contributed by atoms with Crippen molar-refractivity contribution in [2.75, 3.05) is 12.9 Å². The zero-order chi connectivity index (χ0) is 10.6. The van der Waals surface area contributed by atoms with Crippen molar-refractivity contribution in [1.29, 1.82) is 5.26 Å². The van der Waals surface area contributed by atoms with Gasteiger partial charge in [0.15, 0.2) is 11.4 Å². The van der Waals surface area contributed by atoms with Gasteiger partial charge in [0.05, 0.1) is 11.6 Å². The Kier molecular flexibility index (Phi) is 3.78.